The van der Waals surface area contributed by atoms with Crippen molar-refractivity contribution in [1.29, 1.82) is 0 Å². The number of ether oxygens (including phenoxy) is 2. The first-order chi connectivity index (χ1) is 8.47. The maximum absolute atomic E-state index is 12.0. The largest absolute Gasteiger partial charge is 0.385 e. The van der Waals surface area contributed by atoms with Gasteiger partial charge in [0.2, 0.25) is 0 Å². The Balaban J connectivity index is 2.40. The Kier molecular flexibility index (Phi) is 5.88. The van der Waals surface area contributed by atoms with Gasteiger partial charge in [-0.05, 0) is 25.7 Å². The number of rotatable bonds is 6. The summed E-state index contributed by atoms with van der Waals surface area (Å²) in [6.07, 6.45) is 1.69. The lowest BCUT2D eigenvalue weighted by Gasteiger charge is -2.27. The molecule has 106 valence electrons. The average Bonchev–Trinajstić information content (AvgIpc) is 2.70. The summed E-state index contributed by atoms with van der Waals surface area (Å²) in [5.41, 5.74) is -0.229. The normalized spacial score (nSPS) is 25.2. The molecule has 2 atom stereocenters. The second kappa shape index (κ2) is 6.95. The van der Waals surface area contributed by atoms with Crippen molar-refractivity contribution < 1.29 is 14.3 Å². The van der Waals surface area contributed by atoms with E-state index in [1.54, 1.807) is 7.11 Å². The molecule has 0 aromatic carbocycles. The Morgan fingerprint density at radius 1 is 1.50 bits per heavy atom. The number of carbonyl (C=O) groups excluding carboxylic acids is 1. The van der Waals surface area contributed by atoms with Gasteiger partial charge in [-0.2, -0.15) is 0 Å². The SMILES string of the molecule is COCC[C@@H](NC(=O)N[C@@]1(C)CCOC1)C(C)C. The van der Waals surface area contributed by atoms with Gasteiger partial charge in [0.05, 0.1) is 12.1 Å². The number of nitrogens with one attached hydrogen (secondary N) is 2. The maximum atomic E-state index is 12.0. The summed E-state index contributed by atoms with van der Waals surface area (Å²) in [4.78, 5) is 12.0. The van der Waals surface area contributed by atoms with Crippen LogP contribution >= 0.6 is 0 Å². The molecule has 0 unspecified atom stereocenters. The number of hydrogen-bond donors (Lipinski definition) is 2. The van der Waals surface area contributed by atoms with E-state index >= 15 is 0 Å². The van der Waals surface area contributed by atoms with Gasteiger partial charge in [-0.1, -0.05) is 13.8 Å². The van der Waals surface area contributed by atoms with E-state index in [9.17, 15) is 4.79 Å². The number of hydrogen-bond acceptors (Lipinski definition) is 3. The molecule has 2 amide bonds. The van der Waals surface area contributed by atoms with Crippen molar-refractivity contribution in [3.05, 3.63) is 0 Å². The maximum Gasteiger partial charge on any atom is 0.315 e. The van der Waals surface area contributed by atoms with Gasteiger partial charge in [0.25, 0.3) is 0 Å². The Labute approximate surface area is 110 Å². The third-order valence-electron chi connectivity index (χ3n) is 3.39. The van der Waals surface area contributed by atoms with Crippen molar-refractivity contribution in [3.8, 4) is 0 Å². The third-order valence-corrected chi connectivity index (χ3v) is 3.39. The number of methoxy groups -OCH3 is 1. The first kappa shape index (κ1) is 15.2. The molecule has 0 aliphatic carbocycles. The molecule has 0 saturated carbocycles. The van der Waals surface area contributed by atoms with Crippen molar-refractivity contribution in [3.63, 3.8) is 0 Å². The molecule has 0 spiro atoms. The van der Waals surface area contributed by atoms with Gasteiger partial charge in [-0.15, -0.1) is 0 Å². The highest BCUT2D eigenvalue weighted by molar-refractivity contribution is 5.75. The van der Waals surface area contributed by atoms with Gasteiger partial charge < -0.3 is 20.1 Å². The molecule has 1 heterocycles. The Morgan fingerprint density at radius 2 is 2.22 bits per heavy atom. The molecule has 1 aliphatic heterocycles. The highest BCUT2D eigenvalue weighted by atomic mass is 16.5. The predicted octanol–water partition coefficient (Wildman–Crippen LogP) is 1.53. The van der Waals surface area contributed by atoms with Crippen LogP contribution in [0.15, 0.2) is 0 Å². The summed E-state index contributed by atoms with van der Waals surface area (Å²) >= 11 is 0. The standard InChI is InChI=1S/C13H26N2O3/c1-10(2)11(5-7-17-4)14-12(16)15-13(3)6-8-18-9-13/h10-11H,5-9H2,1-4H3,(H2,14,15,16)/t11-,13+/m1/s1. The zero-order chi connectivity index (χ0) is 13.6. The van der Waals surface area contributed by atoms with Crippen LogP contribution in [-0.4, -0.2) is 44.5 Å². The molecular weight excluding hydrogens is 232 g/mol. The van der Waals surface area contributed by atoms with E-state index in [4.69, 9.17) is 9.47 Å². The van der Waals surface area contributed by atoms with E-state index in [0.717, 1.165) is 12.8 Å². The highest BCUT2D eigenvalue weighted by Gasteiger charge is 2.31. The molecule has 1 rings (SSSR count). The average molecular weight is 258 g/mol. The van der Waals surface area contributed by atoms with Gasteiger partial charge in [0.1, 0.15) is 0 Å². The summed E-state index contributed by atoms with van der Waals surface area (Å²) in [5.74, 6) is 0.388. The minimum Gasteiger partial charge on any atom is -0.385 e. The molecule has 1 aliphatic rings. The van der Waals surface area contributed by atoms with E-state index in [-0.39, 0.29) is 17.6 Å². The number of urea groups is 1. The third kappa shape index (κ3) is 4.82. The molecular formula is C13H26N2O3. The van der Waals surface area contributed by atoms with E-state index in [1.165, 1.54) is 0 Å². The molecule has 5 nitrogen and oxygen atoms in total. The molecule has 1 saturated heterocycles. The zero-order valence-electron chi connectivity index (χ0n) is 11.9. The topological polar surface area (TPSA) is 59.6 Å². The molecule has 2 N–H and O–H groups in total. The fourth-order valence-electron chi connectivity index (χ4n) is 2.06. The molecule has 0 radical (unpaired) electrons. The van der Waals surface area contributed by atoms with Gasteiger partial charge >= 0.3 is 6.03 Å². The Morgan fingerprint density at radius 3 is 2.72 bits per heavy atom. The van der Waals surface area contributed by atoms with Gasteiger partial charge in [0, 0.05) is 26.4 Å². The quantitative estimate of drug-likeness (QED) is 0.759. The summed E-state index contributed by atoms with van der Waals surface area (Å²) in [6, 6.07) is 0.0219. The van der Waals surface area contributed by atoms with E-state index in [2.05, 4.69) is 24.5 Å². The van der Waals surface area contributed by atoms with Crippen molar-refractivity contribution in [1.82, 2.24) is 10.6 Å². The van der Waals surface area contributed by atoms with Crippen LogP contribution in [0.2, 0.25) is 0 Å². The summed E-state index contributed by atoms with van der Waals surface area (Å²) in [7, 11) is 1.67. The minimum atomic E-state index is -0.229. The lowest BCUT2D eigenvalue weighted by Crippen LogP contribution is -2.53. The molecule has 0 aromatic heterocycles. The second-order valence-electron chi connectivity index (χ2n) is 5.59. The van der Waals surface area contributed by atoms with Gasteiger partial charge in [0.15, 0.2) is 0 Å². The molecule has 0 aromatic rings. The Hall–Kier alpha value is -0.810. The summed E-state index contributed by atoms with van der Waals surface area (Å²) in [6.45, 7) is 8.17. The van der Waals surface area contributed by atoms with Crippen LogP contribution in [0.1, 0.15) is 33.6 Å². The van der Waals surface area contributed by atoms with Crippen LogP contribution in [0, 0.1) is 5.92 Å². The first-order valence-electron chi connectivity index (χ1n) is 6.62. The molecule has 5 heteroatoms. The van der Waals surface area contributed by atoms with E-state index in [0.29, 0.717) is 25.7 Å². The van der Waals surface area contributed by atoms with Crippen molar-refractivity contribution in [2.45, 2.75) is 45.2 Å². The summed E-state index contributed by atoms with van der Waals surface area (Å²) < 4.78 is 10.4. The smallest absolute Gasteiger partial charge is 0.315 e. The molecule has 0 bridgehead atoms. The molecule has 18 heavy (non-hydrogen) atoms. The van der Waals surface area contributed by atoms with Gasteiger partial charge in [-0.25, -0.2) is 4.79 Å². The van der Waals surface area contributed by atoms with E-state index in [1.807, 2.05) is 6.92 Å². The fourth-order valence-corrected chi connectivity index (χ4v) is 2.06. The Bertz CT molecular complexity index is 263. The fraction of sp³-hybridized carbons (Fsp3) is 0.923. The minimum absolute atomic E-state index is 0.113. The van der Waals surface area contributed by atoms with Crippen LogP contribution in [0.25, 0.3) is 0 Å². The van der Waals surface area contributed by atoms with Crippen LogP contribution in [0.3, 0.4) is 0 Å². The number of amides is 2. The van der Waals surface area contributed by atoms with Gasteiger partial charge in [-0.3, -0.25) is 0 Å². The van der Waals surface area contributed by atoms with E-state index < -0.39 is 0 Å². The van der Waals surface area contributed by atoms with Crippen molar-refractivity contribution in [2.24, 2.45) is 5.92 Å². The first-order valence-corrected chi connectivity index (χ1v) is 6.62. The monoisotopic (exact) mass is 258 g/mol. The van der Waals surface area contributed by atoms with Crippen LogP contribution < -0.4 is 10.6 Å². The zero-order valence-corrected chi connectivity index (χ0v) is 11.9. The van der Waals surface area contributed by atoms with Crippen LogP contribution in [0.4, 0.5) is 4.79 Å². The highest BCUT2D eigenvalue weighted by Crippen LogP contribution is 2.17. The molecule has 1 fully saturated rings. The predicted molar refractivity (Wildman–Crippen MR) is 70.6 cm³/mol. The van der Waals surface area contributed by atoms with Crippen LogP contribution in [0.5, 0.6) is 0 Å². The lowest BCUT2D eigenvalue weighted by molar-refractivity contribution is 0.163. The number of carbonyl (C=O) groups is 1. The van der Waals surface area contributed by atoms with Crippen LogP contribution in [-0.2, 0) is 9.47 Å². The second-order valence-corrected chi connectivity index (χ2v) is 5.59. The summed E-state index contributed by atoms with van der Waals surface area (Å²) in [5, 5.41) is 6.02. The lowest BCUT2D eigenvalue weighted by atomic mass is 10.0. The van der Waals surface area contributed by atoms with Crippen molar-refractivity contribution in [2.75, 3.05) is 26.9 Å². The van der Waals surface area contributed by atoms with Crippen molar-refractivity contribution >= 4 is 6.03 Å².